The fourth-order valence-corrected chi connectivity index (χ4v) is 4.77. The molecule has 0 saturated heterocycles. The lowest BCUT2D eigenvalue weighted by Gasteiger charge is -2.43. The Balaban J connectivity index is 1.73. The summed E-state index contributed by atoms with van der Waals surface area (Å²) in [5, 5.41) is 0.920. The van der Waals surface area contributed by atoms with Gasteiger partial charge in [0, 0.05) is 24.0 Å². The van der Waals surface area contributed by atoms with Crippen molar-refractivity contribution in [2.24, 2.45) is 0 Å². The van der Waals surface area contributed by atoms with Gasteiger partial charge in [-0.2, -0.15) is 0 Å². The molecular formula is C20H23ClN2. The van der Waals surface area contributed by atoms with Crippen LogP contribution in [0.5, 0.6) is 0 Å². The van der Waals surface area contributed by atoms with Crippen molar-refractivity contribution >= 4 is 17.7 Å². The summed E-state index contributed by atoms with van der Waals surface area (Å²) in [7, 11) is 0. The number of imidazole rings is 1. The lowest BCUT2D eigenvalue weighted by molar-refractivity contribution is 0.335. The zero-order valence-electron chi connectivity index (χ0n) is 13.7. The van der Waals surface area contributed by atoms with E-state index in [2.05, 4.69) is 34.7 Å². The highest BCUT2D eigenvalue weighted by Crippen LogP contribution is 2.51. The van der Waals surface area contributed by atoms with Crippen LogP contribution in [0.1, 0.15) is 55.7 Å². The van der Waals surface area contributed by atoms with Gasteiger partial charge in [-0.1, -0.05) is 36.2 Å². The second-order valence-corrected chi connectivity index (χ2v) is 7.42. The maximum atomic E-state index is 6.58. The molecule has 3 heteroatoms. The Kier molecular flexibility index (Phi) is 3.81. The largest absolute Gasteiger partial charge is 0.337 e. The number of rotatable bonds is 4. The maximum Gasteiger partial charge on any atom is 0.0946 e. The zero-order valence-corrected chi connectivity index (χ0v) is 14.4. The third-order valence-electron chi connectivity index (χ3n) is 5.75. The summed E-state index contributed by atoms with van der Waals surface area (Å²) in [6, 6.07) is 4.35. The van der Waals surface area contributed by atoms with E-state index in [4.69, 9.17) is 11.6 Å². The van der Waals surface area contributed by atoms with E-state index >= 15 is 0 Å². The quantitative estimate of drug-likeness (QED) is 0.735. The highest BCUT2D eigenvalue weighted by molar-refractivity contribution is 6.32. The first-order chi connectivity index (χ1) is 11.2. The number of hydrogen-bond donors (Lipinski definition) is 0. The van der Waals surface area contributed by atoms with Crippen LogP contribution >= 0.6 is 11.6 Å². The van der Waals surface area contributed by atoms with Crippen LogP contribution in [0.25, 0.3) is 6.08 Å². The zero-order chi connectivity index (χ0) is 15.9. The van der Waals surface area contributed by atoms with Gasteiger partial charge in [-0.25, -0.2) is 4.98 Å². The second-order valence-electron chi connectivity index (χ2n) is 7.01. The van der Waals surface area contributed by atoms with Gasteiger partial charge in [0.1, 0.15) is 0 Å². The molecule has 2 aromatic rings. The molecule has 0 amide bonds. The van der Waals surface area contributed by atoms with Gasteiger partial charge in [-0.3, -0.25) is 0 Å². The van der Waals surface area contributed by atoms with Crippen LogP contribution in [0.15, 0.2) is 36.4 Å². The first kappa shape index (κ1) is 15.0. The molecule has 2 aliphatic rings. The first-order valence-electron chi connectivity index (χ1n) is 8.69. The van der Waals surface area contributed by atoms with Gasteiger partial charge in [0.2, 0.25) is 0 Å². The second kappa shape index (κ2) is 5.83. The van der Waals surface area contributed by atoms with Gasteiger partial charge in [0.15, 0.2) is 0 Å². The highest BCUT2D eigenvalue weighted by Gasteiger charge is 2.39. The van der Waals surface area contributed by atoms with Crippen molar-refractivity contribution in [2.45, 2.75) is 57.4 Å². The fourth-order valence-electron chi connectivity index (χ4n) is 4.55. The van der Waals surface area contributed by atoms with E-state index < -0.39 is 0 Å². The molecule has 120 valence electrons. The molecule has 0 saturated carbocycles. The van der Waals surface area contributed by atoms with Gasteiger partial charge in [-0.15, -0.1) is 0 Å². The van der Waals surface area contributed by atoms with E-state index in [1.807, 2.05) is 18.7 Å². The van der Waals surface area contributed by atoms with Crippen molar-refractivity contribution in [1.29, 1.82) is 0 Å². The minimum absolute atomic E-state index is 0.312. The molecule has 0 spiro atoms. The molecule has 0 aliphatic heterocycles. The molecule has 2 nitrogen and oxygen atoms in total. The van der Waals surface area contributed by atoms with E-state index in [9.17, 15) is 0 Å². The van der Waals surface area contributed by atoms with Crippen LogP contribution in [0.3, 0.4) is 0 Å². The number of halogens is 1. The van der Waals surface area contributed by atoms with E-state index in [-0.39, 0.29) is 0 Å². The Morgan fingerprint density at radius 2 is 2.26 bits per heavy atom. The van der Waals surface area contributed by atoms with Crippen LogP contribution in [-0.2, 0) is 18.4 Å². The summed E-state index contributed by atoms with van der Waals surface area (Å²) >= 11 is 6.58. The van der Waals surface area contributed by atoms with Gasteiger partial charge < -0.3 is 4.57 Å². The number of nitrogens with zero attached hydrogens (tertiary/aromatic N) is 2. The average Bonchev–Trinajstić information content (AvgIpc) is 3.09. The van der Waals surface area contributed by atoms with Gasteiger partial charge in [0.25, 0.3) is 0 Å². The Hall–Kier alpha value is -1.54. The van der Waals surface area contributed by atoms with Crippen molar-refractivity contribution in [3.63, 3.8) is 0 Å². The minimum atomic E-state index is 0.312. The van der Waals surface area contributed by atoms with Crippen molar-refractivity contribution in [3.8, 4) is 0 Å². The SMILES string of the molecule is CCC12CCCc3ccc(Cl)c(c31)C=C(CCn1ccnc1)C2. The molecule has 1 aromatic heterocycles. The Morgan fingerprint density at radius 1 is 1.35 bits per heavy atom. The molecule has 1 heterocycles. The molecule has 1 unspecified atom stereocenters. The van der Waals surface area contributed by atoms with Crippen molar-refractivity contribution in [1.82, 2.24) is 9.55 Å². The number of allylic oxidation sites excluding steroid dienone is 1. The van der Waals surface area contributed by atoms with Crippen LogP contribution in [-0.4, -0.2) is 9.55 Å². The lowest BCUT2D eigenvalue weighted by atomic mass is 9.61. The molecule has 4 rings (SSSR count). The first-order valence-corrected chi connectivity index (χ1v) is 9.07. The maximum absolute atomic E-state index is 6.58. The number of benzene rings is 1. The Labute approximate surface area is 143 Å². The van der Waals surface area contributed by atoms with Gasteiger partial charge in [-0.05, 0) is 66.7 Å². The summed E-state index contributed by atoms with van der Waals surface area (Å²) in [4.78, 5) is 4.14. The van der Waals surface area contributed by atoms with E-state index in [1.54, 1.807) is 5.56 Å². The van der Waals surface area contributed by atoms with Crippen molar-refractivity contribution < 1.29 is 0 Å². The third kappa shape index (κ3) is 2.53. The van der Waals surface area contributed by atoms with Crippen molar-refractivity contribution in [2.75, 3.05) is 0 Å². The van der Waals surface area contributed by atoms with Crippen LogP contribution < -0.4 is 0 Å². The van der Waals surface area contributed by atoms with Gasteiger partial charge >= 0.3 is 0 Å². The Morgan fingerprint density at radius 3 is 3.04 bits per heavy atom. The third-order valence-corrected chi connectivity index (χ3v) is 6.08. The molecule has 0 radical (unpaired) electrons. The number of aromatic nitrogens is 2. The summed E-state index contributed by atoms with van der Waals surface area (Å²) in [6.45, 7) is 3.34. The lowest BCUT2D eigenvalue weighted by Crippen LogP contribution is -2.34. The predicted molar refractivity (Wildman–Crippen MR) is 95.8 cm³/mol. The van der Waals surface area contributed by atoms with Crippen LogP contribution in [0, 0.1) is 0 Å². The normalized spacial score (nSPS) is 22.6. The minimum Gasteiger partial charge on any atom is -0.337 e. The van der Waals surface area contributed by atoms with Crippen molar-refractivity contribution in [3.05, 3.63) is 58.1 Å². The molecule has 2 aliphatic carbocycles. The number of aryl methyl sites for hydroxylation is 2. The Bertz CT molecular complexity index is 745. The molecule has 0 fully saturated rings. The molecule has 1 aromatic carbocycles. The van der Waals surface area contributed by atoms with E-state index in [1.165, 1.54) is 48.8 Å². The predicted octanol–water partition coefficient (Wildman–Crippen LogP) is 5.40. The summed E-state index contributed by atoms with van der Waals surface area (Å²) < 4.78 is 2.16. The molecule has 0 bridgehead atoms. The molecular weight excluding hydrogens is 304 g/mol. The topological polar surface area (TPSA) is 17.8 Å². The standard InChI is InChI=1S/C20H23ClN2/c1-2-20-8-3-4-16-5-6-18(21)17(19(16)20)12-15(13-20)7-10-23-11-9-22-14-23/h5-6,9,11-12,14H,2-4,7-8,10,13H2,1H3. The smallest absolute Gasteiger partial charge is 0.0946 e. The number of hydrogen-bond acceptors (Lipinski definition) is 1. The summed E-state index contributed by atoms with van der Waals surface area (Å²) in [5.74, 6) is 0. The monoisotopic (exact) mass is 326 g/mol. The highest BCUT2D eigenvalue weighted by atomic mass is 35.5. The summed E-state index contributed by atoms with van der Waals surface area (Å²) in [5.41, 5.74) is 6.24. The van der Waals surface area contributed by atoms with Gasteiger partial charge in [0.05, 0.1) is 6.33 Å². The molecule has 0 N–H and O–H groups in total. The van der Waals surface area contributed by atoms with E-state index in [0.29, 0.717) is 5.41 Å². The fraction of sp³-hybridized carbons (Fsp3) is 0.450. The van der Waals surface area contributed by atoms with Crippen LogP contribution in [0.4, 0.5) is 0 Å². The summed E-state index contributed by atoms with van der Waals surface area (Å²) in [6.07, 6.45) is 15.5. The molecule has 1 atom stereocenters. The van der Waals surface area contributed by atoms with E-state index in [0.717, 1.165) is 18.0 Å². The molecule has 23 heavy (non-hydrogen) atoms. The van der Waals surface area contributed by atoms with Crippen LogP contribution in [0.2, 0.25) is 5.02 Å². The average molecular weight is 327 g/mol.